The molecule has 2 N–H and O–H groups in total. The molecule has 0 aromatic carbocycles. The van der Waals surface area contributed by atoms with Gasteiger partial charge >= 0.3 is 0 Å². The number of ether oxygens (including phenoxy) is 3. The minimum absolute atomic E-state index is 0.292. The Kier molecular flexibility index (Phi) is 14.1. The summed E-state index contributed by atoms with van der Waals surface area (Å²) in [6.07, 6.45) is 4.36. The van der Waals surface area contributed by atoms with E-state index in [2.05, 4.69) is 20.8 Å². The summed E-state index contributed by atoms with van der Waals surface area (Å²) >= 11 is 0. The van der Waals surface area contributed by atoms with Crippen LogP contribution in [0.4, 0.5) is 0 Å². The third kappa shape index (κ3) is 14.1. The lowest BCUT2D eigenvalue weighted by Gasteiger charge is -2.15. The van der Waals surface area contributed by atoms with Crippen LogP contribution in [0, 0.1) is 5.92 Å². The van der Waals surface area contributed by atoms with Gasteiger partial charge in [0.15, 0.2) is 0 Å². The van der Waals surface area contributed by atoms with Crippen LogP contribution >= 0.6 is 0 Å². The van der Waals surface area contributed by atoms with Gasteiger partial charge in [0.25, 0.3) is 0 Å². The van der Waals surface area contributed by atoms with Crippen molar-refractivity contribution in [2.24, 2.45) is 11.7 Å². The first kappa shape index (κ1) is 18.8. The zero-order valence-corrected chi connectivity index (χ0v) is 13.0. The van der Waals surface area contributed by atoms with E-state index in [0.717, 1.165) is 32.5 Å². The summed E-state index contributed by atoms with van der Waals surface area (Å²) in [7, 11) is 0. The van der Waals surface area contributed by atoms with Crippen LogP contribution in [-0.4, -0.2) is 45.7 Å². The van der Waals surface area contributed by atoms with Gasteiger partial charge in [-0.15, -0.1) is 0 Å². The molecule has 1 atom stereocenters. The molecule has 0 fully saturated rings. The Morgan fingerprint density at radius 3 is 1.74 bits per heavy atom. The van der Waals surface area contributed by atoms with Gasteiger partial charge in [-0.1, -0.05) is 27.2 Å². The normalized spacial score (nSPS) is 13.1. The van der Waals surface area contributed by atoms with E-state index < -0.39 is 0 Å². The fraction of sp³-hybridized carbons (Fsp3) is 1.00. The monoisotopic (exact) mass is 275 g/mol. The number of hydrogen-bond donors (Lipinski definition) is 1. The summed E-state index contributed by atoms with van der Waals surface area (Å²) in [5, 5.41) is 0. The van der Waals surface area contributed by atoms with Crippen molar-refractivity contribution in [1.82, 2.24) is 0 Å². The summed E-state index contributed by atoms with van der Waals surface area (Å²) in [6, 6.07) is 0.292. The van der Waals surface area contributed by atoms with Gasteiger partial charge in [-0.2, -0.15) is 0 Å². The van der Waals surface area contributed by atoms with Gasteiger partial charge in [0.05, 0.1) is 26.4 Å². The zero-order chi connectivity index (χ0) is 14.3. The third-order valence-electron chi connectivity index (χ3n) is 3.07. The van der Waals surface area contributed by atoms with Crippen molar-refractivity contribution in [1.29, 1.82) is 0 Å². The highest BCUT2D eigenvalue weighted by molar-refractivity contribution is 4.64. The van der Waals surface area contributed by atoms with Gasteiger partial charge in [-0.05, 0) is 25.2 Å². The van der Waals surface area contributed by atoms with E-state index in [1.165, 1.54) is 6.42 Å². The molecule has 116 valence electrons. The first-order valence-corrected chi connectivity index (χ1v) is 7.67. The molecule has 0 amide bonds. The Labute approximate surface area is 119 Å². The first-order valence-electron chi connectivity index (χ1n) is 7.67. The summed E-state index contributed by atoms with van der Waals surface area (Å²) in [6.45, 7) is 10.7. The molecule has 0 rings (SSSR count). The van der Waals surface area contributed by atoms with E-state index in [4.69, 9.17) is 19.9 Å². The molecule has 0 bridgehead atoms. The van der Waals surface area contributed by atoms with Crippen molar-refractivity contribution < 1.29 is 14.2 Å². The number of unbranched alkanes of at least 4 members (excludes halogenated alkanes) is 1. The summed E-state index contributed by atoms with van der Waals surface area (Å²) in [5.74, 6) is 0.552. The molecule has 19 heavy (non-hydrogen) atoms. The zero-order valence-electron chi connectivity index (χ0n) is 13.0. The molecule has 4 nitrogen and oxygen atoms in total. The second-order valence-corrected chi connectivity index (χ2v) is 5.24. The minimum Gasteiger partial charge on any atom is -0.379 e. The molecule has 0 aliphatic heterocycles. The van der Waals surface area contributed by atoms with Gasteiger partial charge in [-0.25, -0.2) is 0 Å². The molecule has 0 aliphatic carbocycles. The predicted molar refractivity (Wildman–Crippen MR) is 79.4 cm³/mol. The van der Waals surface area contributed by atoms with Crippen LogP contribution in [0.3, 0.4) is 0 Å². The van der Waals surface area contributed by atoms with Gasteiger partial charge in [0.1, 0.15) is 0 Å². The molecule has 4 heteroatoms. The van der Waals surface area contributed by atoms with Crippen LogP contribution in [0.5, 0.6) is 0 Å². The second-order valence-electron chi connectivity index (χ2n) is 5.24. The molecular weight excluding hydrogens is 242 g/mol. The highest BCUT2D eigenvalue weighted by atomic mass is 16.5. The topological polar surface area (TPSA) is 53.7 Å². The molecule has 0 aromatic rings. The third-order valence-corrected chi connectivity index (χ3v) is 3.07. The van der Waals surface area contributed by atoms with Crippen molar-refractivity contribution >= 4 is 0 Å². The Hall–Kier alpha value is -0.160. The van der Waals surface area contributed by atoms with Crippen molar-refractivity contribution in [2.45, 2.75) is 52.5 Å². The Balaban J connectivity index is 3.03. The lowest BCUT2D eigenvalue weighted by atomic mass is 10.0. The summed E-state index contributed by atoms with van der Waals surface area (Å²) < 4.78 is 16.3. The second kappa shape index (κ2) is 14.3. The van der Waals surface area contributed by atoms with E-state index in [1.54, 1.807) is 0 Å². The number of rotatable bonds is 14. The highest BCUT2D eigenvalue weighted by Gasteiger charge is 2.06. The van der Waals surface area contributed by atoms with Crippen LogP contribution in [0.1, 0.15) is 46.5 Å². The molecule has 0 heterocycles. The van der Waals surface area contributed by atoms with Gasteiger partial charge in [0, 0.05) is 19.3 Å². The van der Waals surface area contributed by atoms with Crippen LogP contribution in [0.15, 0.2) is 0 Å². The first-order chi connectivity index (χ1) is 9.18. The molecule has 0 saturated carbocycles. The van der Waals surface area contributed by atoms with Crippen LogP contribution in [0.2, 0.25) is 0 Å². The quantitative estimate of drug-likeness (QED) is 0.495. The van der Waals surface area contributed by atoms with E-state index in [1.807, 2.05) is 0 Å². The van der Waals surface area contributed by atoms with Crippen LogP contribution in [-0.2, 0) is 14.2 Å². The molecular formula is C15H33NO3. The van der Waals surface area contributed by atoms with Gasteiger partial charge in [-0.3, -0.25) is 0 Å². The average molecular weight is 275 g/mol. The van der Waals surface area contributed by atoms with Crippen LogP contribution < -0.4 is 5.73 Å². The molecule has 1 unspecified atom stereocenters. The lowest BCUT2D eigenvalue weighted by Crippen LogP contribution is -2.26. The largest absolute Gasteiger partial charge is 0.379 e. The van der Waals surface area contributed by atoms with Crippen LogP contribution in [0.25, 0.3) is 0 Å². The van der Waals surface area contributed by atoms with Crippen molar-refractivity contribution in [3.8, 4) is 0 Å². The fourth-order valence-corrected chi connectivity index (χ4v) is 1.54. The van der Waals surface area contributed by atoms with E-state index in [0.29, 0.717) is 38.4 Å². The van der Waals surface area contributed by atoms with Crippen molar-refractivity contribution in [3.05, 3.63) is 0 Å². The Morgan fingerprint density at radius 2 is 1.26 bits per heavy atom. The summed E-state index contributed by atoms with van der Waals surface area (Å²) in [5.41, 5.74) is 5.95. The summed E-state index contributed by atoms with van der Waals surface area (Å²) in [4.78, 5) is 0. The molecule has 0 radical (unpaired) electrons. The SMILES string of the molecule is CCCCOCCOCCOCCCC(N)C(C)C. The fourth-order valence-electron chi connectivity index (χ4n) is 1.54. The van der Waals surface area contributed by atoms with Crippen molar-refractivity contribution in [3.63, 3.8) is 0 Å². The Morgan fingerprint density at radius 1 is 0.789 bits per heavy atom. The maximum absolute atomic E-state index is 5.95. The molecule has 0 aromatic heterocycles. The average Bonchev–Trinajstić information content (AvgIpc) is 2.39. The number of nitrogens with two attached hydrogens (primary N) is 1. The van der Waals surface area contributed by atoms with Gasteiger partial charge < -0.3 is 19.9 Å². The van der Waals surface area contributed by atoms with E-state index >= 15 is 0 Å². The minimum atomic E-state index is 0.292. The lowest BCUT2D eigenvalue weighted by molar-refractivity contribution is 0.0132. The smallest absolute Gasteiger partial charge is 0.0701 e. The predicted octanol–water partition coefficient (Wildman–Crippen LogP) is 2.60. The molecule has 0 aliphatic rings. The van der Waals surface area contributed by atoms with Gasteiger partial charge in [0.2, 0.25) is 0 Å². The van der Waals surface area contributed by atoms with E-state index in [9.17, 15) is 0 Å². The Bertz CT molecular complexity index is 177. The highest BCUT2D eigenvalue weighted by Crippen LogP contribution is 2.05. The van der Waals surface area contributed by atoms with E-state index in [-0.39, 0.29) is 0 Å². The molecule has 0 saturated heterocycles. The maximum Gasteiger partial charge on any atom is 0.0701 e. The van der Waals surface area contributed by atoms with Crippen molar-refractivity contribution in [2.75, 3.05) is 39.6 Å². The molecule has 0 spiro atoms. The number of hydrogen-bond acceptors (Lipinski definition) is 4. The maximum atomic E-state index is 5.95. The standard InChI is InChI=1S/C15H33NO3/c1-4-5-8-17-10-12-19-13-11-18-9-6-7-15(16)14(2)3/h14-15H,4-13,16H2,1-3H3.